The summed E-state index contributed by atoms with van der Waals surface area (Å²) in [7, 11) is 0. The molecule has 1 nitrogen and oxygen atoms in total. The minimum Gasteiger partial charge on any atom is -0.367 e. The van der Waals surface area contributed by atoms with E-state index < -0.39 is 11.0 Å². The summed E-state index contributed by atoms with van der Waals surface area (Å²) in [5.74, 6) is 0.0349. The number of hydrogen-bond acceptors (Lipinski definition) is 1. The van der Waals surface area contributed by atoms with Crippen LogP contribution in [0.5, 0.6) is 0 Å². The molecule has 1 atom stereocenters. The summed E-state index contributed by atoms with van der Waals surface area (Å²) in [5, 5.41) is 0. The molecular weight excluding hydrogens is 460 g/mol. The summed E-state index contributed by atoms with van der Waals surface area (Å²) in [4.78, 5) is 0. The van der Waals surface area contributed by atoms with Crippen LogP contribution in [0.4, 0.5) is 0 Å². The average molecular weight is 497 g/mol. The van der Waals surface area contributed by atoms with Gasteiger partial charge in [0.25, 0.3) is 0 Å². The number of allylic oxidation sites excluding steroid dienone is 3. The summed E-state index contributed by atoms with van der Waals surface area (Å²) >= 11 is 0. The van der Waals surface area contributed by atoms with Gasteiger partial charge in [0.2, 0.25) is 0 Å². The van der Waals surface area contributed by atoms with Gasteiger partial charge in [-0.3, -0.25) is 0 Å². The van der Waals surface area contributed by atoms with E-state index in [0.29, 0.717) is 6.61 Å². The zero-order valence-electron chi connectivity index (χ0n) is 22.3. The van der Waals surface area contributed by atoms with Crippen molar-refractivity contribution in [2.24, 2.45) is 0 Å². The van der Waals surface area contributed by atoms with Crippen LogP contribution in [-0.2, 0) is 10.2 Å². The van der Waals surface area contributed by atoms with Crippen molar-refractivity contribution < 1.29 is 4.74 Å². The van der Waals surface area contributed by atoms with Crippen molar-refractivity contribution in [2.45, 2.75) is 37.2 Å². The molecule has 1 unspecified atom stereocenters. The summed E-state index contributed by atoms with van der Waals surface area (Å²) < 4.78 is 6.48. The van der Waals surface area contributed by atoms with Crippen molar-refractivity contribution in [3.05, 3.63) is 180 Å². The molecule has 1 aliphatic rings. The average Bonchev–Trinajstić information content (AvgIpc) is 2.98. The molecule has 1 aliphatic carbocycles. The Balaban J connectivity index is 1.89. The number of benzene rings is 4. The molecule has 5 rings (SSSR count). The fraction of sp³-hybridized carbons (Fsp3) is 0.189. The monoisotopic (exact) mass is 496 g/mol. The van der Waals surface area contributed by atoms with Gasteiger partial charge in [0.1, 0.15) is 5.60 Å². The molecule has 0 amide bonds. The van der Waals surface area contributed by atoms with Crippen molar-refractivity contribution in [1.82, 2.24) is 0 Å². The first-order chi connectivity index (χ1) is 18.7. The highest BCUT2D eigenvalue weighted by atomic mass is 16.5. The molecule has 0 aromatic heterocycles. The predicted molar refractivity (Wildman–Crippen MR) is 159 cm³/mol. The quantitative estimate of drug-likeness (QED) is 0.210. The van der Waals surface area contributed by atoms with Gasteiger partial charge in [-0.1, -0.05) is 145 Å². The van der Waals surface area contributed by atoms with Gasteiger partial charge in [-0.25, -0.2) is 0 Å². The molecule has 0 bridgehead atoms. The molecular formula is C37H36O. The highest BCUT2D eigenvalue weighted by molar-refractivity contribution is 5.57. The highest BCUT2D eigenvalue weighted by Gasteiger charge is 2.46. The Bertz CT molecular complexity index is 1310. The molecule has 0 fully saturated rings. The first-order valence-electron chi connectivity index (χ1n) is 13.6. The SMILES string of the molecule is CCOC1(C=C(C)C(c2ccccc2)(c2ccccc2)C(c2ccccc2)c2ccccc2)C=CC=CC1. The van der Waals surface area contributed by atoms with Crippen LogP contribution in [-0.4, -0.2) is 12.2 Å². The van der Waals surface area contributed by atoms with E-state index >= 15 is 0 Å². The minimum absolute atomic E-state index is 0.0349. The fourth-order valence-corrected chi connectivity index (χ4v) is 6.19. The van der Waals surface area contributed by atoms with E-state index in [2.05, 4.69) is 166 Å². The summed E-state index contributed by atoms with van der Waals surface area (Å²) in [6.07, 6.45) is 11.8. The lowest BCUT2D eigenvalue weighted by molar-refractivity contribution is 0.0369. The fourth-order valence-electron chi connectivity index (χ4n) is 6.19. The van der Waals surface area contributed by atoms with Crippen LogP contribution in [0.1, 0.15) is 48.4 Å². The molecule has 4 aromatic rings. The molecule has 4 aromatic carbocycles. The summed E-state index contributed by atoms with van der Waals surface area (Å²) in [6.45, 7) is 5.02. The van der Waals surface area contributed by atoms with Crippen molar-refractivity contribution in [3.63, 3.8) is 0 Å². The Morgan fingerprint density at radius 1 is 0.737 bits per heavy atom. The van der Waals surface area contributed by atoms with Gasteiger partial charge in [-0.15, -0.1) is 0 Å². The van der Waals surface area contributed by atoms with Crippen LogP contribution >= 0.6 is 0 Å². The molecule has 0 spiro atoms. The smallest absolute Gasteiger partial charge is 0.108 e. The lowest BCUT2D eigenvalue weighted by Crippen LogP contribution is -2.39. The van der Waals surface area contributed by atoms with E-state index in [1.165, 1.54) is 27.8 Å². The van der Waals surface area contributed by atoms with Gasteiger partial charge < -0.3 is 4.74 Å². The van der Waals surface area contributed by atoms with Crippen LogP contribution in [0.2, 0.25) is 0 Å². The third-order valence-electron chi connectivity index (χ3n) is 7.72. The maximum Gasteiger partial charge on any atom is 0.108 e. The molecule has 0 heterocycles. The molecule has 0 saturated carbocycles. The standard InChI is InChI=1S/C37H36O/c1-3-38-36(27-17-8-18-28-36)29-30(2)37(33-23-13-6-14-24-33,34-25-15-7-16-26-34)35(31-19-9-4-10-20-31)32-21-11-5-12-22-32/h4-27,29,35H,3,28H2,1-2H3. The van der Waals surface area contributed by atoms with Gasteiger partial charge in [0.05, 0.1) is 5.41 Å². The second-order valence-electron chi connectivity index (χ2n) is 10.0. The van der Waals surface area contributed by atoms with E-state index in [1.807, 2.05) is 0 Å². The maximum absolute atomic E-state index is 6.48. The third-order valence-corrected chi connectivity index (χ3v) is 7.72. The van der Waals surface area contributed by atoms with Crippen LogP contribution < -0.4 is 0 Å². The molecule has 190 valence electrons. The number of hydrogen-bond donors (Lipinski definition) is 0. The lowest BCUT2D eigenvalue weighted by Gasteiger charge is -2.45. The molecule has 38 heavy (non-hydrogen) atoms. The molecule has 0 saturated heterocycles. The van der Waals surface area contributed by atoms with Crippen LogP contribution in [0.15, 0.2) is 157 Å². The second kappa shape index (κ2) is 11.6. The normalized spacial score (nSPS) is 17.6. The Morgan fingerprint density at radius 2 is 1.21 bits per heavy atom. The highest BCUT2D eigenvalue weighted by Crippen LogP contribution is 2.53. The first kappa shape index (κ1) is 25.7. The van der Waals surface area contributed by atoms with Crippen molar-refractivity contribution in [2.75, 3.05) is 6.61 Å². The lowest BCUT2D eigenvalue weighted by atomic mass is 9.57. The molecule has 0 radical (unpaired) electrons. The van der Waals surface area contributed by atoms with Crippen LogP contribution in [0.3, 0.4) is 0 Å². The molecule has 1 heteroatoms. The number of ether oxygens (including phenoxy) is 1. The summed E-state index contributed by atoms with van der Waals surface area (Å²) in [5.41, 5.74) is 5.39. The second-order valence-corrected chi connectivity index (χ2v) is 10.0. The first-order valence-corrected chi connectivity index (χ1v) is 13.6. The van der Waals surface area contributed by atoms with Gasteiger partial charge in [-0.05, 0) is 48.3 Å². The van der Waals surface area contributed by atoms with Crippen molar-refractivity contribution in [1.29, 1.82) is 0 Å². The third kappa shape index (κ3) is 4.95. The Hall–Kier alpha value is -3.94. The molecule has 0 aliphatic heterocycles. The van der Waals surface area contributed by atoms with Crippen molar-refractivity contribution in [3.8, 4) is 0 Å². The topological polar surface area (TPSA) is 9.23 Å². The van der Waals surface area contributed by atoms with Gasteiger partial charge in [0, 0.05) is 18.9 Å². The minimum atomic E-state index is -0.486. The van der Waals surface area contributed by atoms with E-state index in [-0.39, 0.29) is 5.92 Å². The van der Waals surface area contributed by atoms with Crippen LogP contribution in [0, 0.1) is 0 Å². The van der Waals surface area contributed by atoms with E-state index in [4.69, 9.17) is 4.74 Å². The van der Waals surface area contributed by atoms with E-state index in [9.17, 15) is 0 Å². The van der Waals surface area contributed by atoms with Gasteiger partial charge in [-0.2, -0.15) is 0 Å². The van der Waals surface area contributed by atoms with E-state index in [1.54, 1.807) is 0 Å². The van der Waals surface area contributed by atoms with Crippen molar-refractivity contribution >= 4 is 0 Å². The number of rotatable bonds is 9. The van der Waals surface area contributed by atoms with Crippen LogP contribution in [0.25, 0.3) is 0 Å². The predicted octanol–water partition coefficient (Wildman–Crippen LogP) is 9.04. The Kier molecular flexibility index (Phi) is 7.86. The van der Waals surface area contributed by atoms with Gasteiger partial charge in [0.15, 0.2) is 0 Å². The zero-order valence-corrected chi connectivity index (χ0v) is 22.3. The molecule has 0 N–H and O–H groups in total. The Morgan fingerprint density at radius 3 is 1.63 bits per heavy atom. The largest absolute Gasteiger partial charge is 0.367 e. The van der Waals surface area contributed by atoms with Gasteiger partial charge >= 0.3 is 0 Å². The zero-order chi connectivity index (χ0) is 26.3. The summed E-state index contributed by atoms with van der Waals surface area (Å²) in [6, 6.07) is 43.9. The Labute approximate surface area is 227 Å². The van der Waals surface area contributed by atoms with E-state index in [0.717, 1.165) is 6.42 Å². The maximum atomic E-state index is 6.48.